The van der Waals surface area contributed by atoms with Crippen molar-refractivity contribution in [3.05, 3.63) is 64.4 Å². The minimum atomic E-state index is -2.51. The molecule has 0 saturated heterocycles. The van der Waals surface area contributed by atoms with Crippen LogP contribution in [0.4, 0.5) is 4.39 Å². The Kier molecular flexibility index (Phi) is 11.4. The summed E-state index contributed by atoms with van der Waals surface area (Å²) in [4.78, 5) is 9.63. The molecule has 0 aliphatic rings. The van der Waals surface area contributed by atoms with Gasteiger partial charge < -0.3 is 5.32 Å². The van der Waals surface area contributed by atoms with Crippen LogP contribution in [0.2, 0.25) is 5.02 Å². The van der Waals surface area contributed by atoms with Crippen LogP contribution in [-0.4, -0.2) is 23.8 Å². The third-order valence-corrected chi connectivity index (χ3v) is 7.07. The quantitative estimate of drug-likeness (QED) is 0.173. The molecule has 1 unspecified atom stereocenters. The molecule has 31 heavy (non-hydrogen) atoms. The van der Waals surface area contributed by atoms with Crippen molar-refractivity contribution in [3.8, 4) is 0 Å². The Labute approximate surface area is 194 Å². The number of hydrogen-bond donors (Lipinski definition) is 2. The smallest absolute Gasteiger partial charge is 0.313 e. The Morgan fingerprint density at radius 2 is 1.97 bits per heavy atom. The average Bonchev–Trinajstić information content (AvgIpc) is 2.71. The Morgan fingerprint density at radius 3 is 2.68 bits per heavy atom. The summed E-state index contributed by atoms with van der Waals surface area (Å²) in [5, 5.41) is 4.01. The molecule has 2 aromatic rings. The van der Waals surface area contributed by atoms with Gasteiger partial charge in [-0.1, -0.05) is 56.1 Å². The van der Waals surface area contributed by atoms with E-state index >= 15 is 0 Å². The van der Waals surface area contributed by atoms with Crippen LogP contribution in [0.5, 0.6) is 0 Å². The molecule has 0 aromatic heterocycles. The van der Waals surface area contributed by atoms with Crippen molar-refractivity contribution < 1.29 is 18.4 Å². The minimum Gasteiger partial charge on any atom is -0.313 e. The first-order chi connectivity index (χ1) is 14.8. The van der Waals surface area contributed by atoms with Gasteiger partial charge in [-0.25, -0.2) is 4.39 Å². The van der Waals surface area contributed by atoms with Gasteiger partial charge in [0.1, 0.15) is 12.4 Å². The van der Waals surface area contributed by atoms with Gasteiger partial charge in [0.15, 0.2) is 0 Å². The molecule has 0 bridgehead atoms. The fraction of sp³-hybridized carbons (Fsp3) is 0.478. The molecule has 170 valence electrons. The third kappa shape index (κ3) is 9.56. The largest absolute Gasteiger partial charge is 0.694 e. The zero-order valence-electron chi connectivity index (χ0n) is 18.1. The summed E-state index contributed by atoms with van der Waals surface area (Å²) in [6.45, 7) is 5.83. The van der Waals surface area contributed by atoms with Gasteiger partial charge in [-0.05, 0) is 66.3 Å². The molecule has 0 amide bonds. The number of benzene rings is 2. The lowest BCUT2D eigenvalue weighted by Crippen LogP contribution is -2.18. The number of hydrogen-bond acceptors (Lipinski definition) is 4. The maximum absolute atomic E-state index is 14.1. The Bertz CT molecular complexity index is 853. The van der Waals surface area contributed by atoms with E-state index in [4.69, 9.17) is 16.5 Å². The number of nitrogens with one attached hydrogen (secondary N) is 1. The van der Waals surface area contributed by atoms with E-state index in [1.165, 1.54) is 6.07 Å². The molecule has 0 aliphatic carbocycles. The van der Waals surface area contributed by atoms with Crippen molar-refractivity contribution >= 4 is 31.6 Å². The van der Waals surface area contributed by atoms with E-state index in [0.29, 0.717) is 19.5 Å². The summed E-state index contributed by atoms with van der Waals surface area (Å²) < 4.78 is 29.1. The van der Waals surface area contributed by atoms with Gasteiger partial charge >= 0.3 is 8.25 Å². The van der Waals surface area contributed by atoms with E-state index < -0.39 is 8.25 Å². The molecule has 8 heteroatoms. The molecule has 0 radical (unpaired) electrons. The lowest BCUT2D eigenvalue weighted by Gasteiger charge is -2.25. The maximum Gasteiger partial charge on any atom is 0.694 e. The second-order valence-corrected chi connectivity index (χ2v) is 10.3. The van der Waals surface area contributed by atoms with Crippen LogP contribution < -0.4 is 5.32 Å². The van der Waals surface area contributed by atoms with Gasteiger partial charge in [0.05, 0.1) is 5.02 Å². The Hall–Kier alpha value is -1.01. The van der Waals surface area contributed by atoms with Gasteiger partial charge in [-0.3, -0.25) is 0 Å². The van der Waals surface area contributed by atoms with Crippen LogP contribution in [0.25, 0.3) is 0 Å². The van der Waals surface area contributed by atoms with Gasteiger partial charge in [0, 0.05) is 16.0 Å². The van der Waals surface area contributed by atoms with E-state index in [1.54, 1.807) is 17.8 Å². The SMILES string of the molecule is CC(C)(CCCCSc1ccc(CNCCCO[P+](=O)O)cc1Cl)c1ccccc1F. The van der Waals surface area contributed by atoms with Crippen LogP contribution in [0, 0.1) is 5.82 Å². The predicted molar refractivity (Wildman–Crippen MR) is 128 cm³/mol. The first-order valence-corrected chi connectivity index (χ1v) is 12.9. The molecule has 2 aromatic carbocycles. The highest BCUT2D eigenvalue weighted by atomic mass is 35.5. The zero-order valence-corrected chi connectivity index (χ0v) is 20.5. The van der Waals surface area contributed by atoms with Crippen LogP contribution in [0.15, 0.2) is 47.4 Å². The van der Waals surface area contributed by atoms with Crippen LogP contribution in [-0.2, 0) is 21.0 Å². The summed E-state index contributed by atoms with van der Waals surface area (Å²) in [6, 6.07) is 13.1. The molecule has 0 spiro atoms. The van der Waals surface area contributed by atoms with E-state index in [0.717, 1.165) is 46.1 Å². The van der Waals surface area contributed by atoms with E-state index in [2.05, 4.69) is 29.8 Å². The fourth-order valence-corrected chi connectivity index (χ4v) is 4.92. The number of halogens is 2. The fourth-order valence-electron chi connectivity index (χ4n) is 3.34. The van der Waals surface area contributed by atoms with Crippen molar-refractivity contribution in [2.45, 2.75) is 56.4 Å². The summed E-state index contributed by atoms with van der Waals surface area (Å²) in [5.41, 5.74) is 1.70. The Morgan fingerprint density at radius 1 is 1.19 bits per heavy atom. The molecule has 2 N–H and O–H groups in total. The summed E-state index contributed by atoms with van der Waals surface area (Å²) in [7, 11) is -2.51. The molecule has 0 fully saturated rings. The number of unbranched alkanes of at least 4 members (excludes halogenated alkanes) is 1. The highest BCUT2D eigenvalue weighted by Crippen LogP contribution is 2.32. The molecular formula is C23H31ClFNO3PS+. The molecule has 1 atom stereocenters. The van der Waals surface area contributed by atoms with E-state index in [-0.39, 0.29) is 17.8 Å². The summed E-state index contributed by atoms with van der Waals surface area (Å²) >= 11 is 8.19. The summed E-state index contributed by atoms with van der Waals surface area (Å²) in [5.74, 6) is 0.844. The molecule has 2 rings (SSSR count). The Balaban J connectivity index is 1.68. The maximum atomic E-state index is 14.1. The average molecular weight is 487 g/mol. The molecule has 0 aliphatic heterocycles. The predicted octanol–water partition coefficient (Wildman–Crippen LogP) is 6.87. The molecule has 0 saturated carbocycles. The molecule has 4 nitrogen and oxygen atoms in total. The molecular weight excluding hydrogens is 456 g/mol. The first kappa shape index (κ1) is 26.2. The van der Waals surface area contributed by atoms with Crippen molar-refractivity contribution in [1.29, 1.82) is 0 Å². The highest BCUT2D eigenvalue weighted by Gasteiger charge is 2.23. The van der Waals surface area contributed by atoms with Crippen LogP contribution in [0.1, 0.15) is 50.7 Å². The van der Waals surface area contributed by atoms with Gasteiger partial charge in [0.2, 0.25) is 0 Å². The van der Waals surface area contributed by atoms with E-state index in [9.17, 15) is 8.96 Å². The van der Waals surface area contributed by atoms with E-state index in [1.807, 2.05) is 24.3 Å². The zero-order chi connectivity index (χ0) is 22.7. The summed E-state index contributed by atoms with van der Waals surface area (Å²) in [6.07, 6.45) is 3.68. The number of thioether (sulfide) groups is 1. The monoisotopic (exact) mass is 486 g/mol. The third-order valence-electron chi connectivity index (χ3n) is 5.08. The second-order valence-electron chi connectivity index (χ2n) is 8.04. The van der Waals surface area contributed by atoms with Crippen molar-refractivity contribution in [2.24, 2.45) is 0 Å². The van der Waals surface area contributed by atoms with Gasteiger partial charge in [0.25, 0.3) is 0 Å². The van der Waals surface area contributed by atoms with Crippen LogP contribution in [0.3, 0.4) is 0 Å². The number of rotatable bonds is 14. The first-order valence-electron chi connectivity index (χ1n) is 10.5. The lowest BCUT2D eigenvalue weighted by atomic mass is 9.80. The topological polar surface area (TPSA) is 58.6 Å². The molecule has 0 heterocycles. The normalized spacial score (nSPS) is 12.2. The van der Waals surface area contributed by atoms with Gasteiger partial charge in [-0.15, -0.1) is 21.2 Å². The van der Waals surface area contributed by atoms with Gasteiger partial charge in [-0.2, -0.15) is 0 Å². The van der Waals surface area contributed by atoms with Crippen molar-refractivity contribution in [2.75, 3.05) is 18.9 Å². The van der Waals surface area contributed by atoms with Crippen molar-refractivity contribution in [3.63, 3.8) is 0 Å². The lowest BCUT2D eigenvalue weighted by molar-refractivity contribution is 0.276. The van der Waals surface area contributed by atoms with Crippen LogP contribution >= 0.6 is 31.6 Å². The standard InChI is InChI=1S/C23H30ClFNO3PS/c1-23(2,19-8-3-4-9-21(19)25)12-5-6-15-31-22-11-10-18(16-20(22)24)17-26-13-7-14-29-30(27)28/h3-4,8-11,16,26H,5-7,12-15,17H2,1-2H3/p+1. The van der Waals surface area contributed by atoms with Crippen molar-refractivity contribution in [1.82, 2.24) is 5.32 Å². The second kappa shape index (κ2) is 13.5. The highest BCUT2D eigenvalue weighted by molar-refractivity contribution is 7.99. The minimum absolute atomic E-state index is 0.126.